The van der Waals surface area contributed by atoms with Crippen LogP contribution in [0.25, 0.3) is 0 Å². The van der Waals surface area contributed by atoms with Gasteiger partial charge in [-0.05, 0) is 56.2 Å². The summed E-state index contributed by atoms with van der Waals surface area (Å²) in [5.41, 5.74) is 1.69. The molecule has 0 aliphatic carbocycles. The maximum atomic E-state index is 12.1. The smallest absolute Gasteiger partial charge is 0.251 e. The van der Waals surface area contributed by atoms with Gasteiger partial charge in [0.05, 0.1) is 6.54 Å². The fourth-order valence-corrected chi connectivity index (χ4v) is 3.21. The maximum Gasteiger partial charge on any atom is 0.251 e. The Kier molecular flexibility index (Phi) is 11.9. The number of rotatable bonds is 12. The molecule has 1 aromatic rings. The molecule has 168 valence electrons. The molecule has 0 atom stereocenters. The van der Waals surface area contributed by atoms with Gasteiger partial charge in [-0.1, -0.05) is 19.1 Å². The molecule has 1 aromatic carbocycles. The van der Waals surface area contributed by atoms with E-state index in [0.717, 1.165) is 76.7 Å². The SMILES string of the molecule is CCCNC(=O)c1cccc(CN=C(NCC)NCCCOCC2CCOCC2)c1. The number of benzene rings is 1. The first-order chi connectivity index (χ1) is 14.7. The van der Waals surface area contributed by atoms with Gasteiger partial charge >= 0.3 is 0 Å². The fourth-order valence-electron chi connectivity index (χ4n) is 3.21. The highest BCUT2D eigenvalue weighted by molar-refractivity contribution is 5.94. The Bertz CT molecular complexity index is 645. The molecule has 1 saturated heterocycles. The van der Waals surface area contributed by atoms with E-state index < -0.39 is 0 Å². The lowest BCUT2D eigenvalue weighted by atomic mass is 10.0. The van der Waals surface area contributed by atoms with Crippen molar-refractivity contribution in [3.05, 3.63) is 35.4 Å². The van der Waals surface area contributed by atoms with Crippen LogP contribution in [-0.2, 0) is 16.0 Å². The molecule has 7 nitrogen and oxygen atoms in total. The summed E-state index contributed by atoms with van der Waals surface area (Å²) in [5.74, 6) is 1.39. The molecule has 0 spiro atoms. The molecule has 0 radical (unpaired) electrons. The first kappa shape index (κ1) is 24.2. The minimum absolute atomic E-state index is 0.0338. The summed E-state index contributed by atoms with van der Waals surface area (Å²) in [5, 5.41) is 9.53. The Hall–Kier alpha value is -2.12. The van der Waals surface area contributed by atoms with Crippen molar-refractivity contribution in [1.82, 2.24) is 16.0 Å². The molecule has 1 aliphatic heterocycles. The third-order valence-electron chi connectivity index (χ3n) is 4.94. The second-order valence-corrected chi connectivity index (χ2v) is 7.56. The standard InChI is InChI=1S/C23H38N4O3/c1-3-11-25-22(28)21-8-5-7-20(16-21)17-27-23(24-4-2)26-12-6-13-30-18-19-9-14-29-15-10-19/h5,7-8,16,19H,3-4,6,9-15,17-18H2,1-2H3,(H,25,28)(H2,24,26,27). The number of amides is 1. The topological polar surface area (TPSA) is 84.0 Å². The number of ether oxygens (including phenoxy) is 2. The summed E-state index contributed by atoms with van der Waals surface area (Å²) in [7, 11) is 0. The minimum Gasteiger partial charge on any atom is -0.381 e. The van der Waals surface area contributed by atoms with Crippen LogP contribution in [-0.4, -0.2) is 57.9 Å². The van der Waals surface area contributed by atoms with Crippen LogP contribution in [0.5, 0.6) is 0 Å². The summed E-state index contributed by atoms with van der Waals surface area (Å²) >= 11 is 0. The van der Waals surface area contributed by atoms with Crippen molar-refractivity contribution >= 4 is 11.9 Å². The van der Waals surface area contributed by atoms with Crippen molar-refractivity contribution < 1.29 is 14.3 Å². The lowest BCUT2D eigenvalue weighted by Gasteiger charge is -2.21. The van der Waals surface area contributed by atoms with Crippen LogP contribution in [0.1, 0.15) is 55.5 Å². The number of hydrogen-bond acceptors (Lipinski definition) is 4. The van der Waals surface area contributed by atoms with Crippen molar-refractivity contribution in [3.63, 3.8) is 0 Å². The zero-order valence-electron chi connectivity index (χ0n) is 18.5. The number of nitrogens with one attached hydrogen (secondary N) is 3. The number of aliphatic imine (C=N–C) groups is 1. The van der Waals surface area contributed by atoms with Crippen molar-refractivity contribution in [2.75, 3.05) is 46.1 Å². The molecule has 1 fully saturated rings. The van der Waals surface area contributed by atoms with Gasteiger partial charge in [-0.2, -0.15) is 0 Å². The molecule has 0 saturated carbocycles. The molecule has 0 bridgehead atoms. The molecule has 1 amide bonds. The molecular formula is C23H38N4O3. The summed E-state index contributed by atoms with van der Waals surface area (Å²) in [4.78, 5) is 16.8. The fraction of sp³-hybridized carbons (Fsp3) is 0.652. The van der Waals surface area contributed by atoms with E-state index in [-0.39, 0.29) is 5.91 Å². The van der Waals surface area contributed by atoms with Crippen LogP contribution in [0.2, 0.25) is 0 Å². The number of hydrogen-bond donors (Lipinski definition) is 3. The van der Waals surface area contributed by atoms with Crippen LogP contribution in [0.3, 0.4) is 0 Å². The largest absolute Gasteiger partial charge is 0.381 e. The van der Waals surface area contributed by atoms with E-state index >= 15 is 0 Å². The van der Waals surface area contributed by atoms with Crippen LogP contribution < -0.4 is 16.0 Å². The van der Waals surface area contributed by atoms with Crippen LogP contribution in [0, 0.1) is 5.92 Å². The van der Waals surface area contributed by atoms with Crippen molar-refractivity contribution in [2.24, 2.45) is 10.9 Å². The van der Waals surface area contributed by atoms with E-state index in [0.29, 0.717) is 24.6 Å². The quantitative estimate of drug-likeness (QED) is 0.276. The molecule has 3 N–H and O–H groups in total. The summed E-state index contributed by atoms with van der Waals surface area (Å²) in [6.07, 6.45) is 4.07. The normalized spacial score (nSPS) is 15.1. The van der Waals surface area contributed by atoms with Gasteiger partial charge in [-0.15, -0.1) is 0 Å². The van der Waals surface area contributed by atoms with E-state index in [1.54, 1.807) is 0 Å². The van der Waals surface area contributed by atoms with Crippen LogP contribution >= 0.6 is 0 Å². The highest BCUT2D eigenvalue weighted by Gasteiger charge is 2.13. The Labute approximate surface area is 181 Å². The average molecular weight is 419 g/mol. The van der Waals surface area contributed by atoms with Gasteiger partial charge in [-0.25, -0.2) is 4.99 Å². The van der Waals surface area contributed by atoms with Gasteiger partial charge in [0, 0.05) is 51.6 Å². The molecule has 0 aromatic heterocycles. The first-order valence-electron chi connectivity index (χ1n) is 11.3. The van der Waals surface area contributed by atoms with E-state index in [9.17, 15) is 4.79 Å². The highest BCUT2D eigenvalue weighted by atomic mass is 16.5. The molecular weight excluding hydrogens is 380 g/mol. The third kappa shape index (κ3) is 9.59. The van der Waals surface area contributed by atoms with Gasteiger partial charge in [0.15, 0.2) is 5.96 Å². The minimum atomic E-state index is -0.0338. The Balaban J connectivity index is 1.72. The first-order valence-corrected chi connectivity index (χ1v) is 11.3. The van der Waals surface area contributed by atoms with Crippen LogP contribution in [0.4, 0.5) is 0 Å². The van der Waals surface area contributed by atoms with Crippen LogP contribution in [0.15, 0.2) is 29.3 Å². The number of guanidine groups is 1. The van der Waals surface area contributed by atoms with Crippen molar-refractivity contribution in [1.29, 1.82) is 0 Å². The monoisotopic (exact) mass is 418 g/mol. The predicted molar refractivity (Wildman–Crippen MR) is 121 cm³/mol. The number of carbonyl (C=O) groups excluding carboxylic acids is 1. The van der Waals surface area contributed by atoms with Gasteiger partial charge in [0.25, 0.3) is 5.91 Å². The molecule has 2 rings (SSSR count). The lowest BCUT2D eigenvalue weighted by Crippen LogP contribution is -2.38. The average Bonchev–Trinajstić information content (AvgIpc) is 2.78. The van der Waals surface area contributed by atoms with E-state index in [4.69, 9.17) is 9.47 Å². The van der Waals surface area contributed by atoms with Crippen molar-refractivity contribution in [2.45, 2.75) is 46.1 Å². The second-order valence-electron chi connectivity index (χ2n) is 7.56. The summed E-state index contributed by atoms with van der Waals surface area (Å²) in [6, 6.07) is 7.64. The zero-order chi connectivity index (χ0) is 21.4. The third-order valence-corrected chi connectivity index (χ3v) is 4.94. The van der Waals surface area contributed by atoms with Crippen molar-refractivity contribution in [3.8, 4) is 0 Å². The second kappa shape index (κ2) is 14.8. The predicted octanol–water partition coefficient (Wildman–Crippen LogP) is 2.71. The Morgan fingerprint density at radius 1 is 1.17 bits per heavy atom. The van der Waals surface area contributed by atoms with E-state index in [1.165, 1.54) is 0 Å². The van der Waals surface area contributed by atoms with Gasteiger partial charge in [0.1, 0.15) is 0 Å². The molecule has 1 aliphatic rings. The van der Waals surface area contributed by atoms with Gasteiger partial charge in [0.2, 0.25) is 0 Å². The molecule has 0 unspecified atom stereocenters. The summed E-state index contributed by atoms with van der Waals surface area (Å²) < 4.78 is 11.2. The molecule has 1 heterocycles. The van der Waals surface area contributed by atoms with E-state index in [2.05, 4.69) is 20.9 Å². The van der Waals surface area contributed by atoms with Gasteiger partial charge < -0.3 is 25.4 Å². The number of carbonyl (C=O) groups is 1. The zero-order valence-corrected chi connectivity index (χ0v) is 18.5. The maximum absolute atomic E-state index is 12.1. The molecule has 7 heteroatoms. The molecule has 30 heavy (non-hydrogen) atoms. The Morgan fingerprint density at radius 3 is 2.77 bits per heavy atom. The Morgan fingerprint density at radius 2 is 2.00 bits per heavy atom. The highest BCUT2D eigenvalue weighted by Crippen LogP contribution is 2.14. The lowest BCUT2D eigenvalue weighted by molar-refractivity contribution is 0.0203. The number of nitrogens with zero attached hydrogens (tertiary/aromatic N) is 1. The van der Waals surface area contributed by atoms with Gasteiger partial charge in [-0.3, -0.25) is 4.79 Å². The van der Waals surface area contributed by atoms with E-state index in [1.807, 2.05) is 38.1 Å². The summed E-state index contributed by atoms with van der Waals surface area (Å²) in [6.45, 7) is 10.2.